The van der Waals surface area contributed by atoms with E-state index in [2.05, 4.69) is 0 Å². The van der Waals surface area contributed by atoms with Crippen LogP contribution in [0.5, 0.6) is 5.75 Å². The fourth-order valence-electron chi connectivity index (χ4n) is 2.18. The summed E-state index contributed by atoms with van der Waals surface area (Å²) in [6.07, 6.45) is 1.91. The molecule has 1 aliphatic carbocycles. The van der Waals surface area contributed by atoms with Crippen LogP contribution >= 0.6 is 0 Å². The number of aliphatic carboxylic acids is 1. The van der Waals surface area contributed by atoms with Gasteiger partial charge in [-0.05, 0) is 25.8 Å². The Hall–Kier alpha value is -1.62. The smallest absolute Gasteiger partial charge is 0.317 e. The predicted molar refractivity (Wildman–Crippen MR) is 63.8 cm³/mol. The maximum Gasteiger partial charge on any atom is 0.317 e. The first kappa shape index (κ1) is 12.8. The molecule has 18 heavy (non-hydrogen) atoms. The zero-order chi connectivity index (χ0) is 13.3. The zero-order valence-corrected chi connectivity index (χ0v) is 10.1. The second-order valence-electron chi connectivity index (χ2n) is 4.68. The topological polar surface area (TPSA) is 60.8 Å². The first-order valence-electron chi connectivity index (χ1n) is 5.95. The fraction of sp³-hybridized carbons (Fsp3) is 0.462. The van der Waals surface area contributed by atoms with Crippen LogP contribution in [-0.2, 0) is 4.79 Å². The molecule has 0 amide bonds. The van der Waals surface area contributed by atoms with E-state index in [-0.39, 0.29) is 24.4 Å². The molecule has 0 bridgehead atoms. The van der Waals surface area contributed by atoms with Gasteiger partial charge in [-0.1, -0.05) is 6.07 Å². The highest BCUT2D eigenvalue weighted by Gasteiger charge is 2.34. The Kier molecular flexibility index (Phi) is 3.52. The van der Waals surface area contributed by atoms with Crippen LogP contribution in [0.4, 0.5) is 4.39 Å². The van der Waals surface area contributed by atoms with E-state index >= 15 is 0 Å². The van der Waals surface area contributed by atoms with E-state index in [9.17, 15) is 14.3 Å². The standard InChI is InChI=1S/C13H16FNO3/c1-8(11-5-4-10(16)6-12(11)14)15(7-13(17)18)9-2-3-9/h4-6,8-9,16H,2-3,7H2,1H3,(H,17,18). The lowest BCUT2D eigenvalue weighted by Gasteiger charge is -2.28. The van der Waals surface area contributed by atoms with Gasteiger partial charge in [-0.15, -0.1) is 0 Å². The number of hydrogen-bond donors (Lipinski definition) is 2. The molecule has 4 nitrogen and oxygen atoms in total. The number of carbonyl (C=O) groups is 1. The van der Waals surface area contributed by atoms with E-state index in [0.29, 0.717) is 5.56 Å². The van der Waals surface area contributed by atoms with Gasteiger partial charge in [0.15, 0.2) is 0 Å². The van der Waals surface area contributed by atoms with Gasteiger partial charge in [0.1, 0.15) is 11.6 Å². The molecule has 2 N–H and O–H groups in total. The van der Waals surface area contributed by atoms with E-state index in [1.807, 2.05) is 0 Å². The van der Waals surface area contributed by atoms with E-state index in [4.69, 9.17) is 5.11 Å². The van der Waals surface area contributed by atoms with Crippen molar-refractivity contribution < 1.29 is 19.4 Å². The van der Waals surface area contributed by atoms with Gasteiger partial charge in [0, 0.05) is 23.7 Å². The molecule has 0 saturated heterocycles. The maximum absolute atomic E-state index is 13.7. The lowest BCUT2D eigenvalue weighted by molar-refractivity contribution is -0.139. The van der Waals surface area contributed by atoms with Crippen LogP contribution in [0.1, 0.15) is 31.4 Å². The van der Waals surface area contributed by atoms with Gasteiger partial charge in [-0.2, -0.15) is 0 Å². The molecular weight excluding hydrogens is 237 g/mol. The van der Waals surface area contributed by atoms with Crippen molar-refractivity contribution in [1.82, 2.24) is 4.90 Å². The Bertz CT molecular complexity index is 460. The van der Waals surface area contributed by atoms with Crippen molar-refractivity contribution in [2.45, 2.75) is 31.8 Å². The minimum absolute atomic E-state index is 0.0911. The molecule has 0 aliphatic heterocycles. The quantitative estimate of drug-likeness (QED) is 0.844. The molecule has 5 heteroatoms. The average Bonchev–Trinajstić information content (AvgIpc) is 3.08. The van der Waals surface area contributed by atoms with Crippen molar-refractivity contribution in [2.75, 3.05) is 6.54 Å². The lowest BCUT2D eigenvalue weighted by atomic mass is 10.1. The Morgan fingerprint density at radius 3 is 2.72 bits per heavy atom. The summed E-state index contributed by atoms with van der Waals surface area (Å²) < 4.78 is 13.7. The summed E-state index contributed by atoms with van der Waals surface area (Å²) in [4.78, 5) is 12.6. The SMILES string of the molecule is CC(c1ccc(O)cc1F)N(CC(=O)O)C1CC1. The van der Waals surface area contributed by atoms with Crippen molar-refractivity contribution in [1.29, 1.82) is 0 Å². The van der Waals surface area contributed by atoms with Crippen LogP contribution < -0.4 is 0 Å². The third-order valence-corrected chi connectivity index (χ3v) is 3.27. The number of phenols is 1. The predicted octanol–water partition coefficient (Wildman–Crippen LogP) is 2.14. The molecule has 0 aromatic heterocycles. The number of carboxylic acids is 1. The largest absolute Gasteiger partial charge is 0.508 e. The van der Waals surface area contributed by atoms with E-state index in [1.54, 1.807) is 11.8 Å². The Labute approximate surface area is 105 Å². The summed E-state index contributed by atoms with van der Waals surface area (Å²) in [6, 6.07) is 3.89. The van der Waals surface area contributed by atoms with Crippen LogP contribution in [0.15, 0.2) is 18.2 Å². The van der Waals surface area contributed by atoms with Crippen LogP contribution in [0.3, 0.4) is 0 Å². The van der Waals surface area contributed by atoms with Crippen molar-refractivity contribution in [2.24, 2.45) is 0 Å². The van der Waals surface area contributed by atoms with Gasteiger partial charge >= 0.3 is 5.97 Å². The first-order valence-corrected chi connectivity index (χ1v) is 5.95. The molecule has 0 heterocycles. The van der Waals surface area contributed by atoms with Gasteiger partial charge in [0.2, 0.25) is 0 Å². The molecule has 1 aromatic carbocycles. The molecule has 98 valence electrons. The second-order valence-corrected chi connectivity index (χ2v) is 4.68. The minimum atomic E-state index is -0.909. The first-order chi connectivity index (χ1) is 8.49. The van der Waals surface area contributed by atoms with Crippen LogP contribution in [0.25, 0.3) is 0 Å². The fourth-order valence-corrected chi connectivity index (χ4v) is 2.18. The molecule has 0 radical (unpaired) electrons. The van der Waals surface area contributed by atoms with Crippen molar-refractivity contribution in [3.8, 4) is 5.75 Å². The Morgan fingerprint density at radius 1 is 1.56 bits per heavy atom. The summed E-state index contributed by atoms with van der Waals surface area (Å²) in [6.45, 7) is 1.70. The monoisotopic (exact) mass is 253 g/mol. The molecule has 2 rings (SSSR count). The molecule has 1 fully saturated rings. The number of aromatic hydroxyl groups is 1. The number of benzene rings is 1. The molecule has 1 saturated carbocycles. The van der Waals surface area contributed by atoms with Crippen molar-refractivity contribution in [3.63, 3.8) is 0 Å². The van der Waals surface area contributed by atoms with Crippen molar-refractivity contribution in [3.05, 3.63) is 29.6 Å². The van der Waals surface area contributed by atoms with Gasteiger partial charge in [-0.3, -0.25) is 9.69 Å². The third-order valence-electron chi connectivity index (χ3n) is 3.27. The van der Waals surface area contributed by atoms with Crippen LogP contribution in [0.2, 0.25) is 0 Å². The Balaban J connectivity index is 2.21. The highest BCUT2D eigenvalue weighted by atomic mass is 19.1. The summed E-state index contributed by atoms with van der Waals surface area (Å²) in [5, 5.41) is 18.1. The van der Waals surface area contributed by atoms with Crippen LogP contribution in [0, 0.1) is 5.82 Å². The molecule has 1 aromatic rings. The molecule has 1 atom stereocenters. The maximum atomic E-state index is 13.7. The van der Waals surface area contributed by atoms with E-state index in [1.165, 1.54) is 12.1 Å². The molecule has 1 aliphatic rings. The van der Waals surface area contributed by atoms with Crippen molar-refractivity contribution >= 4 is 5.97 Å². The average molecular weight is 253 g/mol. The Morgan fingerprint density at radius 2 is 2.22 bits per heavy atom. The lowest BCUT2D eigenvalue weighted by Crippen LogP contribution is -2.34. The molecular formula is C13H16FNO3. The number of carboxylic acid groups (broad SMARTS) is 1. The van der Waals surface area contributed by atoms with Gasteiger partial charge in [-0.25, -0.2) is 4.39 Å². The second kappa shape index (κ2) is 4.94. The third kappa shape index (κ3) is 2.79. The summed E-state index contributed by atoms with van der Waals surface area (Å²) >= 11 is 0. The van der Waals surface area contributed by atoms with Gasteiger partial charge in [0.25, 0.3) is 0 Å². The summed E-state index contributed by atoms with van der Waals surface area (Å²) in [7, 11) is 0. The molecule has 1 unspecified atom stereocenters. The number of hydrogen-bond acceptors (Lipinski definition) is 3. The molecule has 0 spiro atoms. The van der Waals surface area contributed by atoms with E-state index < -0.39 is 11.8 Å². The highest BCUT2D eigenvalue weighted by molar-refractivity contribution is 5.69. The van der Waals surface area contributed by atoms with E-state index in [0.717, 1.165) is 18.9 Å². The number of nitrogens with zero attached hydrogens (tertiary/aromatic N) is 1. The van der Waals surface area contributed by atoms with Gasteiger partial charge < -0.3 is 10.2 Å². The minimum Gasteiger partial charge on any atom is -0.508 e. The van der Waals surface area contributed by atoms with Crippen LogP contribution in [-0.4, -0.2) is 33.7 Å². The number of phenolic OH excluding ortho intramolecular Hbond substituents is 1. The number of halogens is 1. The van der Waals surface area contributed by atoms with Gasteiger partial charge in [0.05, 0.1) is 6.54 Å². The normalized spacial score (nSPS) is 16.8. The zero-order valence-electron chi connectivity index (χ0n) is 10.1. The number of rotatable bonds is 5. The summed E-state index contributed by atoms with van der Waals surface area (Å²) in [5.74, 6) is -1.54. The highest BCUT2D eigenvalue weighted by Crippen LogP contribution is 2.35. The summed E-state index contributed by atoms with van der Waals surface area (Å²) in [5.41, 5.74) is 0.418.